The summed E-state index contributed by atoms with van der Waals surface area (Å²) in [4.78, 5) is 3.30. The Balaban J connectivity index is 1.81. The maximum absolute atomic E-state index is 6.06. The third-order valence-corrected chi connectivity index (χ3v) is 4.36. The lowest BCUT2D eigenvalue weighted by Gasteiger charge is -2.12. The van der Waals surface area contributed by atoms with E-state index in [1.165, 1.54) is 22.1 Å². The number of halogens is 1. The minimum absolute atomic E-state index is 0.749. The lowest BCUT2D eigenvalue weighted by atomic mass is 9.99. The van der Waals surface area contributed by atoms with Crippen LogP contribution in [-0.2, 0) is 6.42 Å². The van der Waals surface area contributed by atoms with Crippen molar-refractivity contribution in [3.05, 3.63) is 65.5 Å². The minimum Gasteiger partial charge on any atom is -0.465 e. The predicted molar refractivity (Wildman–Crippen MR) is 91.5 cm³/mol. The maximum Gasteiger partial charge on any atom is 0.129 e. The molecule has 22 heavy (non-hydrogen) atoms. The summed E-state index contributed by atoms with van der Waals surface area (Å²) < 4.78 is 5.70. The van der Waals surface area contributed by atoms with E-state index in [2.05, 4.69) is 35.3 Å². The van der Waals surface area contributed by atoms with Crippen LogP contribution in [-0.4, -0.2) is 4.98 Å². The molecule has 0 unspecified atom stereocenters. The summed E-state index contributed by atoms with van der Waals surface area (Å²) in [5, 5.41) is 1.94. The predicted octanol–water partition coefficient (Wildman–Crippen LogP) is 5.72. The Hall–Kier alpha value is -2.19. The lowest BCUT2D eigenvalue weighted by molar-refractivity contribution is 0.465. The van der Waals surface area contributed by atoms with Crippen molar-refractivity contribution in [2.24, 2.45) is 0 Å². The largest absolute Gasteiger partial charge is 0.465 e. The van der Waals surface area contributed by atoms with Crippen molar-refractivity contribution < 1.29 is 4.74 Å². The van der Waals surface area contributed by atoms with E-state index >= 15 is 0 Å². The Bertz CT molecular complexity index is 863. The first kappa shape index (κ1) is 13.5. The Kier molecular flexibility index (Phi) is 3.39. The highest BCUT2D eigenvalue weighted by Crippen LogP contribution is 2.34. The molecule has 0 bridgehead atoms. The van der Waals surface area contributed by atoms with Gasteiger partial charge in [-0.1, -0.05) is 23.7 Å². The number of aromatic amines is 1. The van der Waals surface area contributed by atoms with Gasteiger partial charge in [0.05, 0.1) is 6.26 Å². The second-order valence-corrected chi connectivity index (χ2v) is 6.03. The van der Waals surface area contributed by atoms with Gasteiger partial charge in [0.1, 0.15) is 5.75 Å². The molecular weight excluding hydrogens is 294 g/mol. The molecule has 0 radical (unpaired) electrons. The molecule has 2 aromatic carbocycles. The Morgan fingerprint density at radius 2 is 2.05 bits per heavy atom. The van der Waals surface area contributed by atoms with Crippen LogP contribution in [0.1, 0.15) is 18.4 Å². The van der Waals surface area contributed by atoms with Gasteiger partial charge in [-0.3, -0.25) is 0 Å². The zero-order chi connectivity index (χ0) is 14.9. The minimum atomic E-state index is 0.749. The van der Waals surface area contributed by atoms with Gasteiger partial charge in [0, 0.05) is 27.7 Å². The fourth-order valence-corrected chi connectivity index (χ4v) is 3.17. The SMILES string of the molecule is Clc1ccc2c(-c3ccc4c(c3)CCCC=CO4)c[nH]c2c1. The summed E-state index contributed by atoms with van der Waals surface area (Å²) >= 11 is 6.06. The normalized spacial score (nSPS) is 14.2. The monoisotopic (exact) mass is 309 g/mol. The molecule has 1 aliphatic heterocycles. The fraction of sp³-hybridized carbons (Fsp3) is 0.158. The van der Waals surface area contributed by atoms with Crippen LogP contribution >= 0.6 is 11.6 Å². The Morgan fingerprint density at radius 1 is 1.09 bits per heavy atom. The third-order valence-electron chi connectivity index (χ3n) is 4.12. The number of fused-ring (bicyclic) bond motifs is 2. The molecular formula is C19H16ClNO. The third kappa shape index (κ3) is 2.40. The molecule has 0 aliphatic carbocycles. The first-order chi connectivity index (χ1) is 10.8. The molecule has 0 amide bonds. The number of hydrogen-bond donors (Lipinski definition) is 1. The Morgan fingerprint density at radius 3 is 3.00 bits per heavy atom. The number of ether oxygens (including phenoxy) is 1. The first-order valence-corrected chi connectivity index (χ1v) is 7.91. The van der Waals surface area contributed by atoms with Crippen molar-refractivity contribution in [1.29, 1.82) is 0 Å². The molecule has 0 spiro atoms. The van der Waals surface area contributed by atoms with Crippen LogP contribution in [0.25, 0.3) is 22.0 Å². The van der Waals surface area contributed by atoms with E-state index in [1.54, 1.807) is 6.26 Å². The van der Waals surface area contributed by atoms with E-state index < -0.39 is 0 Å². The molecule has 2 nitrogen and oxygen atoms in total. The summed E-state index contributed by atoms with van der Waals surface area (Å²) in [5.74, 6) is 0.961. The quantitative estimate of drug-likeness (QED) is 0.611. The number of benzene rings is 2. The molecule has 0 atom stereocenters. The smallest absolute Gasteiger partial charge is 0.129 e. The van der Waals surface area contributed by atoms with Gasteiger partial charge in [0.2, 0.25) is 0 Å². The van der Waals surface area contributed by atoms with Crippen molar-refractivity contribution in [2.45, 2.75) is 19.3 Å². The molecule has 3 aromatic rings. The molecule has 1 aliphatic rings. The van der Waals surface area contributed by atoms with Gasteiger partial charge in [0.25, 0.3) is 0 Å². The number of rotatable bonds is 1. The Labute approximate surface area is 134 Å². The van der Waals surface area contributed by atoms with Gasteiger partial charge >= 0.3 is 0 Å². The van der Waals surface area contributed by atoms with E-state index in [9.17, 15) is 0 Å². The number of nitrogens with one attached hydrogen (secondary N) is 1. The van der Waals surface area contributed by atoms with Crippen molar-refractivity contribution in [1.82, 2.24) is 4.98 Å². The molecule has 2 heterocycles. The van der Waals surface area contributed by atoms with E-state index in [0.29, 0.717) is 0 Å². The lowest BCUT2D eigenvalue weighted by Crippen LogP contribution is -1.95. The number of aryl methyl sites for hydroxylation is 1. The molecule has 1 aromatic heterocycles. The topological polar surface area (TPSA) is 25.0 Å². The highest BCUT2D eigenvalue weighted by molar-refractivity contribution is 6.31. The van der Waals surface area contributed by atoms with Crippen molar-refractivity contribution in [3.8, 4) is 16.9 Å². The van der Waals surface area contributed by atoms with E-state index in [0.717, 1.165) is 35.6 Å². The van der Waals surface area contributed by atoms with E-state index in [1.807, 2.05) is 18.3 Å². The molecule has 0 fully saturated rings. The van der Waals surface area contributed by atoms with Crippen LogP contribution in [0.4, 0.5) is 0 Å². The summed E-state index contributed by atoms with van der Waals surface area (Å²) in [6, 6.07) is 12.4. The summed E-state index contributed by atoms with van der Waals surface area (Å²) in [6.07, 6.45) is 9.19. The molecule has 4 rings (SSSR count). The average Bonchev–Trinajstić information content (AvgIpc) is 2.90. The molecule has 0 saturated carbocycles. The molecule has 1 N–H and O–H groups in total. The van der Waals surface area contributed by atoms with Crippen LogP contribution in [0.2, 0.25) is 5.02 Å². The van der Waals surface area contributed by atoms with Gasteiger partial charge in [-0.05, 0) is 60.7 Å². The highest BCUT2D eigenvalue weighted by Gasteiger charge is 2.11. The molecule has 3 heteroatoms. The van der Waals surface area contributed by atoms with Gasteiger partial charge in [-0.2, -0.15) is 0 Å². The zero-order valence-corrected chi connectivity index (χ0v) is 12.9. The van der Waals surface area contributed by atoms with Crippen molar-refractivity contribution in [3.63, 3.8) is 0 Å². The van der Waals surface area contributed by atoms with Crippen LogP contribution in [0.15, 0.2) is 54.9 Å². The maximum atomic E-state index is 6.06. The van der Waals surface area contributed by atoms with E-state index in [4.69, 9.17) is 16.3 Å². The molecule has 110 valence electrons. The van der Waals surface area contributed by atoms with Crippen LogP contribution in [0.3, 0.4) is 0 Å². The highest BCUT2D eigenvalue weighted by atomic mass is 35.5. The summed E-state index contributed by atoms with van der Waals surface area (Å²) in [6.45, 7) is 0. The van der Waals surface area contributed by atoms with Gasteiger partial charge in [-0.25, -0.2) is 0 Å². The van der Waals surface area contributed by atoms with Crippen molar-refractivity contribution >= 4 is 22.5 Å². The number of hydrogen-bond acceptors (Lipinski definition) is 1. The first-order valence-electron chi connectivity index (χ1n) is 7.53. The second kappa shape index (κ2) is 5.54. The number of aromatic nitrogens is 1. The summed E-state index contributed by atoms with van der Waals surface area (Å²) in [5.41, 5.74) is 4.74. The zero-order valence-electron chi connectivity index (χ0n) is 12.1. The van der Waals surface area contributed by atoms with E-state index in [-0.39, 0.29) is 0 Å². The standard InChI is InChI=1S/C19H16ClNO/c20-15-6-7-16-17(12-21-18(16)11-15)13-5-8-19-14(10-13)4-2-1-3-9-22-19/h3,5-12,21H,1-2,4H2. The van der Waals surface area contributed by atoms with Gasteiger partial charge in [0.15, 0.2) is 0 Å². The van der Waals surface area contributed by atoms with Gasteiger partial charge < -0.3 is 9.72 Å². The summed E-state index contributed by atoms with van der Waals surface area (Å²) in [7, 11) is 0. The van der Waals surface area contributed by atoms with Crippen molar-refractivity contribution in [2.75, 3.05) is 0 Å². The fourth-order valence-electron chi connectivity index (χ4n) is 2.99. The van der Waals surface area contributed by atoms with Crippen LogP contribution in [0.5, 0.6) is 5.75 Å². The average molecular weight is 310 g/mol. The van der Waals surface area contributed by atoms with Crippen LogP contribution in [0, 0.1) is 0 Å². The second-order valence-electron chi connectivity index (χ2n) is 5.60. The number of allylic oxidation sites excluding steroid dienone is 1. The van der Waals surface area contributed by atoms with Crippen LogP contribution < -0.4 is 4.74 Å². The van der Waals surface area contributed by atoms with Gasteiger partial charge in [-0.15, -0.1) is 0 Å². The number of H-pyrrole nitrogens is 1. The molecule has 0 saturated heterocycles.